The molecular weight excluding hydrogens is 226 g/mol. The standard InChI is InChI=1S/C14H17N3O/c1-15-8-14-12-4-2-3-11(10(12)5-6-18-14)13-7-16-9-17-13/h2-4,7,9,14-15H,5-6,8H2,1H3,(H,16,17)/t14-/m0/s1. The van der Waals surface area contributed by atoms with Crippen LogP contribution < -0.4 is 5.32 Å². The summed E-state index contributed by atoms with van der Waals surface area (Å²) in [7, 11) is 1.95. The Hall–Kier alpha value is -1.65. The van der Waals surface area contributed by atoms with Crippen molar-refractivity contribution in [3.63, 3.8) is 0 Å². The number of fused-ring (bicyclic) bond motifs is 1. The molecule has 3 rings (SSSR count). The van der Waals surface area contributed by atoms with Gasteiger partial charge in [0.05, 0.1) is 30.9 Å². The minimum atomic E-state index is 0.154. The van der Waals surface area contributed by atoms with Gasteiger partial charge in [-0.3, -0.25) is 0 Å². The second kappa shape index (κ2) is 4.92. The summed E-state index contributed by atoms with van der Waals surface area (Å²) in [6.07, 6.45) is 4.71. The molecule has 0 radical (unpaired) electrons. The van der Waals surface area contributed by atoms with Crippen LogP contribution in [0.5, 0.6) is 0 Å². The Labute approximate surface area is 106 Å². The summed E-state index contributed by atoms with van der Waals surface area (Å²) in [5, 5.41) is 3.19. The third-order valence-electron chi connectivity index (χ3n) is 3.41. The van der Waals surface area contributed by atoms with Crippen LogP contribution in [-0.2, 0) is 11.2 Å². The summed E-state index contributed by atoms with van der Waals surface area (Å²) in [6, 6.07) is 6.40. The van der Waals surface area contributed by atoms with E-state index in [1.165, 1.54) is 16.7 Å². The number of benzene rings is 1. The Balaban J connectivity index is 2.06. The predicted octanol–water partition coefficient (Wildman–Crippen LogP) is 1.91. The Morgan fingerprint density at radius 3 is 3.22 bits per heavy atom. The van der Waals surface area contributed by atoms with Crippen LogP contribution in [0.4, 0.5) is 0 Å². The number of ether oxygens (including phenoxy) is 1. The molecule has 2 aromatic rings. The van der Waals surface area contributed by atoms with E-state index in [1.807, 2.05) is 13.2 Å². The SMILES string of the molecule is CNC[C@@H]1OCCc2c(-c3cnc[nH]3)cccc21. The monoisotopic (exact) mass is 243 g/mol. The first-order valence-electron chi connectivity index (χ1n) is 6.27. The molecule has 1 aliphatic heterocycles. The Bertz CT molecular complexity index is 522. The average molecular weight is 243 g/mol. The van der Waals surface area contributed by atoms with Gasteiger partial charge in [-0.2, -0.15) is 0 Å². The number of hydrogen-bond acceptors (Lipinski definition) is 3. The molecule has 1 aliphatic rings. The van der Waals surface area contributed by atoms with Gasteiger partial charge < -0.3 is 15.0 Å². The number of imidazole rings is 1. The summed E-state index contributed by atoms with van der Waals surface area (Å²) in [6.45, 7) is 1.63. The van der Waals surface area contributed by atoms with Gasteiger partial charge in [0.15, 0.2) is 0 Å². The molecule has 1 aromatic carbocycles. The Kier molecular flexibility index (Phi) is 3.13. The Morgan fingerprint density at radius 2 is 2.44 bits per heavy atom. The van der Waals surface area contributed by atoms with Gasteiger partial charge in [-0.25, -0.2) is 4.98 Å². The topological polar surface area (TPSA) is 49.9 Å². The number of nitrogens with one attached hydrogen (secondary N) is 2. The highest BCUT2D eigenvalue weighted by Crippen LogP contribution is 2.33. The van der Waals surface area contributed by atoms with E-state index in [2.05, 4.69) is 33.5 Å². The molecule has 0 saturated heterocycles. The molecule has 4 nitrogen and oxygen atoms in total. The van der Waals surface area contributed by atoms with Crippen molar-refractivity contribution in [1.82, 2.24) is 15.3 Å². The van der Waals surface area contributed by atoms with Crippen LogP contribution >= 0.6 is 0 Å². The van der Waals surface area contributed by atoms with Gasteiger partial charge in [0, 0.05) is 12.1 Å². The maximum atomic E-state index is 5.83. The van der Waals surface area contributed by atoms with E-state index in [0.717, 1.165) is 25.3 Å². The highest BCUT2D eigenvalue weighted by atomic mass is 16.5. The van der Waals surface area contributed by atoms with Gasteiger partial charge in [0.1, 0.15) is 0 Å². The lowest BCUT2D eigenvalue weighted by molar-refractivity contribution is 0.0440. The molecule has 18 heavy (non-hydrogen) atoms. The van der Waals surface area contributed by atoms with Gasteiger partial charge in [0.25, 0.3) is 0 Å². The minimum Gasteiger partial charge on any atom is -0.372 e. The van der Waals surface area contributed by atoms with E-state index in [-0.39, 0.29) is 6.10 Å². The van der Waals surface area contributed by atoms with Crippen molar-refractivity contribution in [3.8, 4) is 11.3 Å². The van der Waals surface area contributed by atoms with Crippen LogP contribution in [0, 0.1) is 0 Å². The summed E-state index contributed by atoms with van der Waals surface area (Å²) >= 11 is 0. The normalized spacial score (nSPS) is 18.6. The zero-order chi connectivity index (χ0) is 12.4. The zero-order valence-corrected chi connectivity index (χ0v) is 10.4. The first-order valence-corrected chi connectivity index (χ1v) is 6.27. The van der Waals surface area contributed by atoms with Crippen molar-refractivity contribution in [2.75, 3.05) is 20.2 Å². The number of aromatic amines is 1. The average Bonchev–Trinajstić information content (AvgIpc) is 2.93. The molecular formula is C14H17N3O. The van der Waals surface area contributed by atoms with E-state index in [1.54, 1.807) is 6.33 Å². The minimum absolute atomic E-state index is 0.154. The molecule has 0 amide bonds. The van der Waals surface area contributed by atoms with Crippen LogP contribution in [0.15, 0.2) is 30.7 Å². The lowest BCUT2D eigenvalue weighted by atomic mass is 9.91. The fourth-order valence-electron chi connectivity index (χ4n) is 2.59. The van der Waals surface area contributed by atoms with Crippen molar-refractivity contribution < 1.29 is 4.74 Å². The number of H-pyrrole nitrogens is 1. The number of aromatic nitrogens is 2. The number of likely N-dealkylation sites (N-methyl/N-ethyl adjacent to an activating group) is 1. The molecule has 4 heteroatoms. The molecule has 1 aromatic heterocycles. The van der Waals surface area contributed by atoms with Crippen LogP contribution in [0.1, 0.15) is 17.2 Å². The lowest BCUT2D eigenvalue weighted by Gasteiger charge is -2.27. The van der Waals surface area contributed by atoms with Gasteiger partial charge in [-0.1, -0.05) is 18.2 Å². The summed E-state index contributed by atoms with van der Waals surface area (Å²) in [4.78, 5) is 7.29. The molecule has 0 spiro atoms. The van der Waals surface area contributed by atoms with Crippen molar-refractivity contribution in [2.24, 2.45) is 0 Å². The van der Waals surface area contributed by atoms with Gasteiger partial charge in [-0.15, -0.1) is 0 Å². The molecule has 0 aliphatic carbocycles. The smallest absolute Gasteiger partial charge is 0.0952 e. The first kappa shape index (κ1) is 11.4. The molecule has 0 unspecified atom stereocenters. The summed E-state index contributed by atoms with van der Waals surface area (Å²) in [5.74, 6) is 0. The second-order valence-corrected chi connectivity index (χ2v) is 4.51. The maximum absolute atomic E-state index is 5.83. The lowest BCUT2D eigenvalue weighted by Crippen LogP contribution is -2.25. The van der Waals surface area contributed by atoms with E-state index in [9.17, 15) is 0 Å². The van der Waals surface area contributed by atoms with Gasteiger partial charge in [0.2, 0.25) is 0 Å². The molecule has 0 bridgehead atoms. The van der Waals surface area contributed by atoms with Gasteiger partial charge in [-0.05, 0) is 24.6 Å². The first-order chi connectivity index (χ1) is 8.90. The predicted molar refractivity (Wildman–Crippen MR) is 70.3 cm³/mol. The Morgan fingerprint density at radius 1 is 1.50 bits per heavy atom. The van der Waals surface area contributed by atoms with Crippen molar-refractivity contribution >= 4 is 0 Å². The van der Waals surface area contributed by atoms with Crippen LogP contribution in [-0.4, -0.2) is 30.2 Å². The second-order valence-electron chi connectivity index (χ2n) is 4.51. The van der Waals surface area contributed by atoms with E-state index in [0.29, 0.717) is 0 Å². The van der Waals surface area contributed by atoms with Crippen molar-refractivity contribution in [2.45, 2.75) is 12.5 Å². The van der Waals surface area contributed by atoms with Crippen molar-refractivity contribution in [1.29, 1.82) is 0 Å². The fraction of sp³-hybridized carbons (Fsp3) is 0.357. The third kappa shape index (κ3) is 1.94. The largest absolute Gasteiger partial charge is 0.372 e. The molecule has 2 N–H and O–H groups in total. The zero-order valence-electron chi connectivity index (χ0n) is 10.4. The highest BCUT2D eigenvalue weighted by molar-refractivity contribution is 5.65. The van der Waals surface area contributed by atoms with Crippen LogP contribution in [0.3, 0.4) is 0 Å². The molecule has 0 fully saturated rings. The maximum Gasteiger partial charge on any atom is 0.0952 e. The van der Waals surface area contributed by atoms with Crippen LogP contribution in [0.2, 0.25) is 0 Å². The van der Waals surface area contributed by atoms with E-state index in [4.69, 9.17) is 4.74 Å². The quantitative estimate of drug-likeness (QED) is 0.865. The summed E-state index contributed by atoms with van der Waals surface area (Å²) in [5.41, 5.74) is 5.00. The van der Waals surface area contributed by atoms with Gasteiger partial charge >= 0.3 is 0 Å². The van der Waals surface area contributed by atoms with Crippen LogP contribution in [0.25, 0.3) is 11.3 Å². The molecule has 2 heterocycles. The number of rotatable bonds is 3. The number of nitrogens with zero attached hydrogens (tertiary/aromatic N) is 1. The van der Waals surface area contributed by atoms with Crippen molar-refractivity contribution in [3.05, 3.63) is 41.9 Å². The molecule has 94 valence electrons. The third-order valence-corrected chi connectivity index (χ3v) is 3.41. The molecule has 1 atom stereocenters. The van der Waals surface area contributed by atoms with E-state index < -0.39 is 0 Å². The number of hydrogen-bond donors (Lipinski definition) is 2. The van der Waals surface area contributed by atoms with E-state index >= 15 is 0 Å². The fourth-order valence-corrected chi connectivity index (χ4v) is 2.59. The highest BCUT2D eigenvalue weighted by Gasteiger charge is 2.22. The molecule has 0 saturated carbocycles. The summed E-state index contributed by atoms with van der Waals surface area (Å²) < 4.78 is 5.83.